The second kappa shape index (κ2) is 10.7. The molecule has 1 N–H and O–H groups in total. The van der Waals surface area contributed by atoms with Crippen LogP contribution in [0.3, 0.4) is 0 Å². The molecule has 4 aliphatic carbocycles. The Morgan fingerprint density at radius 1 is 1.00 bits per heavy atom. The van der Waals surface area contributed by atoms with Crippen molar-refractivity contribution in [2.45, 2.75) is 84.1 Å². The molecule has 202 valence electrons. The predicted molar refractivity (Wildman–Crippen MR) is 152 cm³/mol. The molecule has 4 fully saturated rings. The molecule has 38 heavy (non-hydrogen) atoms. The normalized spacial score (nSPS) is 25.8. The van der Waals surface area contributed by atoms with E-state index in [9.17, 15) is 4.79 Å². The second-order valence-electron chi connectivity index (χ2n) is 12.6. The quantitative estimate of drug-likeness (QED) is 0.284. The number of aryl methyl sites for hydroxylation is 1. The molecule has 5 nitrogen and oxygen atoms in total. The van der Waals surface area contributed by atoms with Crippen molar-refractivity contribution in [3.05, 3.63) is 59.9 Å². The molecule has 4 aliphatic rings. The summed E-state index contributed by atoms with van der Waals surface area (Å²) in [6, 6.07) is 16.8. The molecule has 0 spiro atoms. The van der Waals surface area contributed by atoms with Crippen LogP contribution in [0.5, 0.6) is 5.75 Å². The Balaban J connectivity index is 1.05. The Bertz CT molecular complexity index is 1240. The maximum atomic E-state index is 13.4. The van der Waals surface area contributed by atoms with Crippen molar-refractivity contribution in [1.29, 1.82) is 0 Å². The van der Waals surface area contributed by atoms with Crippen molar-refractivity contribution in [3.8, 4) is 5.75 Å². The minimum absolute atomic E-state index is 0.0803. The van der Waals surface area contributed by atoms with E-state index in [1.165, 1.54) is 30.3 Å². The monoisotopic (exact) mass is 513 g/mol. The number of rotatable bonds is 11. The van der Waals surface area contributed by atoms with E-state index in [1.54, 1.807) is 0 Å². The summed E-state index contributed by atoms with van der Waals surface area (Å²) in [6.07, 6.45) is 10.2. The Morgan fingerprint density at radius 2 is 1.68 bits per heavy atom. The van der Waals surface area contributed by atoms with Crippen LogP contribution in [0.2, 0.25) is 0 Å². The van der Waals surface area contributed by atoms with Gasteiger partial charge in [0.2, 0.25) is 5.91 Å². The number of amides is 1. The first-order valence-electron chi connectivity index (χ1n) is 14.9. The van der Waals surface area contributed by atoms with Gasteiger partial charge in [0, 0.05) is 24.9 Å². The van der Waals surface area contributed by atoms with Crippen LogP contribution in [0.25, 0.3) is 11.0 Å². The van der Waals surface area contributed by atoms with Crippen molar-refractivity contribution in [2.75, 3.05) is 13.2 Å². The minimum Gasteiger partial charge on any atom is -0.493 e. The summed E-state index contributed by atoms with van der Waals surface area (Å²) >= 11 is 0. The van der Waals surface area contributed by atoms with Gasteiger partial charge in [-0.3, -0.25) is 4.79 Å². The molecular weight excluding hydrogens is 470 g/mol. The van der Waals surface area contributed by atoms with Gasteiger partial charge in [0.25, 0.3) is 0 Å². The summed E-state index contributed by atoms with van der Waals surface area (Å²) in [5, 5.41) is 3.36. The highest BCUT2D eigenvalue weighted by Crippen LogP contribution is 2.60. The van der Waals surface area contributed by atoms with Crippen LogP contribution in [0.4, 0.5) is 0 Å². The van der Waals surface area contributed by atoms with E-state index in [2.05, 4.69) is 66.2 Å². The number of nitrogens with one attached hydrogen (secondary N) is 1. The predicted octanol–water partition coefficient (Wildman–Crippen LogP) is 6.89. The van der Waals surface area contributed by atoms with E-state index in [4.69, 9.17) is 9.72 Å². The first-order chi connectivity index (χ1) is 18.5. The van der Waals surface area contributed by atoms with Crippen molar-refractivity contribution in [2.24, 2.45) is 23.2 Å². The molecule has 0 saturated heterocycles. The fourth-order valence-electron chi connectivity index (χ4n) is 8.07. The third-order valence-electron chi connectivity index (χ3n) is 9.46. The van der Waals surface area contributed by atoms with Gasteiger partial charge in [0.15, 0.2) is 0 Å². The number of hydrogen-bond acceptors (Lipinski definition) is 3. The number of aromatic nitrogens is 2. The van der Waals surface area contributed by atoms with Gasteiger partial charge in [-0.2, -0.15) is 0 Å². The highest BCUT2D eigenvalue weighted by Gasteiger charge is 2.54. The molecule has 0 atom stereocenters. The summed E-state index contributed by atoms with van der Waals surface area (Å²) in [7, 11) is 0. The van der Waals surface area contributed by atoms with Gasteiger partial charge >= 0.3 is 0 Å². The molecule has 1 heterocycles. The molecule has 0 radical (unpaired) electrons. The number of nitrogens with zero attached hydrogens (tertiary/aromatic N) is 2. The van der Waals surface area contributed by atoms with E-state index in [1.807, 2.05) is 6.07 Å². The number of unbranched alkanes of at least 4 members (excludes halogenated alkanes) is 1. The van der Waals surface area contributed by atoms with E-state index in [0.717, 1.165) is 79.9 Å². The van der Waals surface area contributed by atoms with Crippen molar-refractivity contribution in [1.82, 2.24) is 14.9 Å². The van der Waals surface area contributed by atoms with Gasteiger partial charge in [-0.25, -0.2) is 4.98 Å². The molecule has 4 bridgehead atoms. The fourth-order valence-corrected chi connectivity index (χ4v) is 8.07. The van der Waals surface area contributed by atoms with Crippen LogP contribution < -0.4 is 10.1 Å². The van der Waals surface area contributed by atoms with Gasteiger partial charge in [-0.1, -0.05) is 44.2 Å². The topological polar surface area (TPSA) is 56.1 Å². The second-order valence-corrected chi connectivity index (χ2v) is 12.6. The van der Waals surface area contributed by atoms with Gasteiger partial charge in [0.05, 0.1) is 17.6 Å². The summed E-state index contributed by atoms with van der Waals surface area (Å²) in [5.41, 5.74) is 3.41. The lowest BCUT2D eigenvalue weighted by molar-refractivity contribution is -0.146. The van der Waals surface area contributed by atoms with Gasteiger partial charge in [0.1, 0.15) is 11.6 Å². The maximum Gasteiger partial charge on any atom is 0.226 e. The highest BCUT2D eigenvalue weighted by molar-refractivity contribution is 5.83. The Morgan fingerprint density at radius 3 is 2.42 bits per heavy atom. The van der Waals surface area contributed by atoms with Crippen molar-refractivity contribution in [3.63, 3.8) is 0 Å². The average molecular weight is 514 g/mol. The Labute approximate surface area is 227 Å². The van der Waals surface area contributed by atoms with Crippen LogP contribution >= 0.6 is 0 Å². The molecule has 0 unspecified atom stereocenters. The molecule has 3 aromatic rings. The zero-order valence-electron chi connectivity index (χ0n) is 23.1. The van der Waals surface area contributed by atoms with Crippen LogP contribution in [0.1, 0.15) is 82.5 Å². The molecule has 4 saturated carbocycles. The SMILES string of the molecule is CC(C)c1ccccc1OCCCCn1c(CCNC(=O)C23CC4CC(CC(C4)C2)C3)nc2ccccc21. The van der Waals surface area contributed by atoms with Crippen molar-refractivity contribution < 1.29 is 9.53 Å². The maximum absolute atomic E-state index is 13.4. The zero-order chi connectivity index (χ0) is 26.1. The van der Waals surface area contributed by atoms with E-state index >= 15 is 0 Å². The third kappa shape index (κ3) is 5.09. The number of para-hydroxylation sites is 3. The molecule has 2 aromatic carbocycles. The van der Waals surface area contributed by atoms with Crippen LogP contribution in [-0.4, -0.2) is 28.6 Å². The largest absolute Gasteiger partial charge is 0.493 e. The van der Waals surface area contributed by atoms with E-state index in [0.29, 0.717) is 25.0 Å². The number of hydrogen-bond donors (Lipinski definition) is 1. The number of carbonyl (C=O) groups is 1. The van der Waals surface area contributed by atoms with Crippen LogP contribution in [0.15, 0.2) is 48.5 Å². The number of benzene rings is 2. The van der Waals surface area contributed by atoms with Gasteiger partial charge < -0.3 is 14.6 Å². The van der Waals surface area contributed by atoms with Gasteiger partial charge in [-0.15, -0.1) is 0 Å². The van der Waals surface area contributed by atoms with E-state index in [-0.39, 0.29) is 5.41 Å². The molecular formula is C33H43N3O2. The summed E-state index contributed by atoms with van der Waals surface area (Å²) in [5.74, 6) is 5.22. The lowest BCUT2D eigenvalue weighted by Crippen LogP contribution is -2.53. The smallest absolute Gasteiger partial charge is 0.226 e. The minimum atomic E-state index is -0.0803. The summed E-state index contributed by atoms with van der Waals surface area (Å²) in [4.78, 5) is 18.4. The Kier molecular flexibility index (Phi) is 7.20. The highest BCUT2D eigenvalue weighted by atomic mass is 16.5. The van der Waals surface area contributed by atoms with Crippen LogP contribution in [-0.2, 0) is 17.8 Å². The van der Waals surface area contributed by atoms with Crippen molar-refractivity contribution >= 4 is 16.9 Å². The van der Waals surface area contributed by atoms with Crippen LogP contribution in [0, 0.1) is 23.2 Å². The number of carbonyl (C=O) groups excluding carboxylic acids is 1. The lowest BCUT2D eigenvalue weighted by atomic mass is 9.49. The van der Waals surface area contributed by atoms with Gasteiger partial charge in [-0.05, 0) is 98.8 Å². The summed E-state index contributed by atoms with van der Waals surface area (Å²) < 4.78 is 8.51. The first-order valence-corrected chi connectivity index (χ1v) is 14.9. The summed E-state index contributed by atoms with van der Waals surface area (Å²) in [6.45, 7) is 6.71. The fraction of sp³-hybridized carbons (Fsp3) is 0.576. The molecule has 1 amide bonds. The number of fused-ring (bicyclic) bond motifs is 1. The standard InChI is InChI=1S/C33H43N3O2/c1-23(2)27-9-3-6-12-30(27)38-16-8-7-15-36-29-11-5-4-10-28(29)35-31(36)13-14-34-32(37)33-20-24-17-25(21-33)19-26(18-24)22-33/h3-6,9-12,23-26H,7-8,13-22H2,1-2H3,(H,34,37). The number of imidazole rings is 1. The Hall–Kier alpha value is -2.82. The first kappa shape index (κ1) is 25.5. The lowest BCUT2D eigenvalue weighted by Gasteiger charge is -2.55. The molecule has 1 aromatic heterocycles. The molecule has 0 aliphatic heterocycles. The average Bonchev–Trinajstić information content (AvgIpc) is 3.25. The molecule has 7 rings (SSSR count). The zero-order valence-corrected chi connectivity index (χ0v) is 23.1. The molecule has 5 heteroatoms. The number of ether oxygens (including phenoxy) is 1. The third-order valence-corrected chi connectivity index (χ3v) is 9.46. The van der Waals surface area contributed by atoms with E-state index < -0.39 is 0 Å².